The molecule has 0 unspecified atom stereocenters. The second-order valence-electron chi connectivity index (χ2n) is 5.64. The number of nitrogens with one attached hydrogen (secondary N) is 1. The number of amides is 1. The lowest BCUT2D eigenvalue weighted by molar-refractivity contribution is -0.127. The van der Waals surface area contributed by atoms with Crippen LogP contribution in [0.15, 0.2) is 28.6 Å². The third-order valence-electron chi connectivity index (χ3n) is 3.23. The van der Waals surface area contributed by atoms with Crippen molar-refractivity contribution in [2.75, 3.05) is 18.1 Å². The van der Waals surface area contributed by atoms with Gasteiger partial charge in [-0.05, 0) is 31.9 Å². The molecule has 0 radical (unpaired) electrons. The van der Waals surface area contributed by atoms with Crippen molar-refractivity contribution in [3.63, 3.8) is 0 Å². The fourth-order valence-electron chi connectivity index (χ4n) is 1.94. The highest BCUT2D eigenvalue weighted by Gasteiger charge is 2.13. The van der Waals surface area contributed by atoms with E-state index < -0.39 is 0 Å². The van der Waals surface area contributed by atoms with Gasteiger partial charge < -0.3 is 10.2 Å². The normalized spacial score (nSPS) is 10.8. The van der Waals surface area contributed by atoms with E-state index in [-0.39, 0.29) is 5.91 Å². The van der Waals surface area contributed by atoms with Gasteiger partial charge in [0.2, 0.25) is 11.0 Å². The molecule has 1 amide bonds. The molecule has 1 N–H and O–H groups in total. The summed E-state index contributed by atoms with van der Waals surface area (Å²) in [6.45, 7) is 6.80. The van der Waals surface area contributed by atoms with Crippen LogP contribution in [0.1, 0.15) is 25.0 Å². The van der Waals surface area contributed by atoms with Crippen molar-refractivity contribution in [3.05, 3.63) is 35.4 Å². The van der Waals surface area contributed by atoms with Gasteiger partial charge in [0, 0.05) is 19.6 Å². The van der Waals surface area contributed by atoms with Crippen LogP contribution in [0, 0.1) is 6.92 Å². The predicted octanol–water partition coefficient (Wildman–Crippen LogP) is 3.42. The number of nitrogens with zero attached hydrogens (tertiary/aromatic N) is 3. The molecule has 2 rings (SSSR count). The van der Waals surface area contributed by atoms with Crippen LogP contribution in [0.2, 0.25) is 0 Å². The summed E-state index contributed by atoms with van der Waals surface area (Å²) >= 11 is 2.91. The first-order valence-electron chi connectivity index (χ1n) is 7.47. The Morgan fingerprint density at radius 3 is 2.78 bits per heavy atom. The Kier molecular flexibility index (Phi) is 6.41. The van der Waals surface area contributed by atoms with Crippen molar-refractivity contribution in [2.45, 2.75) is 37.7 Å². The maximum atomic E-state index is 12.3. The Morgan fingerprint density at radius 2 is 2.09 bits per heavy atom. The number of hydrogen-bond donors (Lipinski definition) is 1. The highest BCUT2D eigenvalue weighted by Crippen LogP contribution is 2.26. The standard InChI is InChI=1S/C16H22N4OS2/c1-11(2)17-15-18-19-16(23-15)22-10-14(21)20(4)9-13-8-6-5-7-12(13)3/h5-8,11H,9-10H2,1-4H3,(H,17,18). The van der Waals surface area contributed by atoms with Gasteiger partial charge in [-0.25, -0.2) is 0 Å². The van der Waals surface area contributed by atoms with Gasteiger partial charge in [0.1, 0.15) is 0 Å². The molecule has 7 heteroatoms. The number of anilines is 1. The lowest BCUT2D eigenvalue weighted by atomic mass is 10.1. The van der Waals surface area contributed by atoms with Crippen LogP contribution in [0.25, 0.3) is 0 Å². The van der Waals surface area contributed by atoms with Crippen molar-refractivity contribution < 1.29 is 4.79 Å². The van der Waals surface area contributed by atoms with Gasteiger partial charge in [-0.3, -0.25) is 4.79 Å². The molecule has 0 fully saturated rings. The minimum absolute atomic E-state index is 0.0896. The largest absolute Gasteiger partial charge is 0.358 e. The zero-order valence-corrected chi connectivity index (χ0v) is 15.5. The first kappa shape index (κ1) is 17.7. The molecule has 23 heavy (non-hydrogen) atoms. The monoisotopic (exact) mass is 350 g/mol. The van der Waals surface area contributed by atoms with Crippen LogP contribution < -0.4 is 5.32 Å². The molecule has 1 heterocycles. The molecule has 1 aromatic carbocycles. The third-order valence-corrected chi connectivity index (χ3v) is 5.20. The van der Waals surface area contributed by atoms with E-state index >= 15 is 0 Å². The summed E-state index contributed by atoms with van der Waals surface area (Å²) < 4.78 is 0.811. The molecule has 1 aromatic heterocycles. The SMILES string of the molecule is Cc1ccccc1CN(C)C(=O)CSc1nnc(NC(C)C)s1. The average molecular weight is 351 g/mol. The molecule has 0 aliphatic carbocycles. The Balaban J connectivity index is 1.84. The highest BCUT2D eigenvalue weighted by atomic mass is 32.2. The number of hydrogen-bond acceptors (Lipinski definition) is 6. The Morgan fingerprint density at radius 1 is 1.35 bits per heavy atom. The summed E-state index contributed by atoms with van der Waals surface area (Å²) in [6, 6.07) is 8.45. The summed E-state index contributed by atoms with van der Waals surface area (Å²) in [5, 5.41) is 12.2. The fourth-order valence-corrected chi connectivity index (χ4v) is 3.78. The van der Waals surface area contributed by atoms with E-state index in [9.17, 15) is 4.79 Å². The van der Waals surface area contributed by atoms with Gasteiger partial charge >= 0.3 is 0 Å². The van der Waals surface area contributed by atoms with Crippen molar-refractivity contribution in [3.8, 4) is 0 Å². The topological polar surface area (TPSA) is 58.1 Å². The Hall–Kier alpha value is -1.60. The van der Waals surface area contributed by atoms with Gasteiger partial charge in [0.15, 0.2) is 4.34 Å². The van der Waals surface area contributed by atoms with Crippen LogP contribution in [0.4, 0.5) is 5.13 Å². The molecule has 0 saturated heterocycles. The average Bonchev–Trinajstić information content (AvgIpc) is 2.93. The minimum atomic E-state index is 0.0896. The zero-order chi connectivity index (χ0) is 16.8. The maximum Gasteiger partial charge on any atom is 0.233 e. The number of benzene rings is 1. The first-order chi connectivity index (χ1) is 11.0. The van der Waals surface area contributed by atoms with E-state index in [2.05, 4.69) is 48.4 Å². The predicted molar refractivity (Wildman–Crippen MR) is 97.0 cm³/mol. The lowest BCUT2D eigenvalue weighted by Crippen LogP contribution is -2.28. The van der Waals surface area contributed by atoms with E-state index in [0.717, 1.165) is 9.47 Å². The molecule has 2 aromatic rings. The molecule has 0 spiro atoms. The van der Waals surface area contributed by atoms with Crippen molar-refractivity contribution in [1.29, 1.82) is 0 Å². The number of thioether (sulfide) groups is 1. The number of aryl methyl sites for hydroxylation is 1. The van der Waals surface area contributed by atoms with E-state index in [4.69, 9.17) is 0 Å². The first-order valence-corrected chi connectivity index (χ1v) is 9.27. The molecule has 0 aliphatic heterocycles. The number of aromatic nitrogens is 2. The van der Waals surface area contributed by atoms with E-state index in [0.29, 0.717) is 18.3 Å². The molecular weight excluding hydrogens is 328 g/mol. The molecule has 0 aliphatic rings. The van der Waals surface area contributed by atoms with Crippen molar-refractivity contribution in [1.82, 2.24) is 15.1 Å². The summed E-state index contributed by atoms with van der Waals surface area (Å²) in [5.41, 5.74) is 2.38. The van der Waals surface area contributed by atoms with Crippen LogP contribution in [-0.2, 0) is 11.3 Å². The Bertz CT molecular complexity index is 657. The van der Waals surface area contributed by atoms with E-state index in [1.54, 1.807) is 4.90 Å². The zero-order valence-electron chi connectivity index (χ0n) is 13.9. The van der Waals surface area contributed by atoms with E-state index in [1.165, 1.54) is 34.2 Å². The molecule has 124 valence electrons. The number of carbonyl (C=O) groups is 1. The third kappa shape index (κ3) is 5.51. The van der Waals surface area contributed by atoms with Crippen molar-refractivity contribution in [2.24, 2.45) is 0 Å². The van der Waals surface area contributed by atoms with Crippen LogP contribution in [-0.4, -0.2) is 39.8 Å². The molecular formula is C16H22N4OS2. The number of carbonyl (C=O) groups excluding carboxylic acids is 1. The van der Waals surface area contributed by atoms with Crippen LogP contribution in [0.5, 0.6) is 0 Å². The highest BCUT2D eigenvalue weighted by molar-refractivity contribution is 8.01. The molecule has 0 atom stereocenters. The smallest absolute Gasteiger partial charge is 0.233 e. The fraction of sp³-hybridized carbons (Fsp3) is 0.438. The maximum absolute atomic E-state index is 12.3. The second-order valence-corrected chi connectivity index (χ2v) is 7.84. The quantitative estimate of drug-likeness (QED) is 0.776. The van der Waals surface area contributed by atoms with E-state index in [1.807, 2.05) is 19.2 Å². The van der Waals surface area contributed by atoms with Crippen LogP contribution in [0.3, 0.4) is 0 Å². The van der Waals surface area contributed by atoms with Gasteiger partial charge in [-0.1, -0.05) is 47.4 Å². The summed E-state index contributed by atoms with van der Waals surface area (Å²) in [6.07, 6.45) is 0. The summed E-state index contributed by atoms with van der Waals surface area (Å²) in [5.74, 6) is 0.463. The second kappa shape index (κ2) is 8.31. The molecule has 0 bridgehead atoms. The number of rotatable bonds is 7. The van der Waals surface area contributed by atoms with Gasteiger partial charge in [-0.2, -0.15) is 0 Å². The van der Waals surface area contributed by atoms with Gasteiger partial charge in [0.05, 0.1) is 5.75 Å². The lowest BCUT2D eigenvalue weighted by Gasteiger charge is -2.18. The van der Waals surface area contributed by atoms with Gasteiger partial charge in [0.25, 0.3) is 0 Å². The van der Waals surface area contributed by atoms with Crippen molar-refractivity contribution >= 4 is 34.1 Å². The molecule has 0 saturated carbocycles. The summed E-state index contributed by atoms with van der Waals surface area (Å²) in [4.78, 5) is 14.0. The minimum Gasteiger partial charge on any atom is -0.358 e. The van der Waals surface area contributed by atoms with Crippen LogP contribution >= 0.6 is 23.1 Å². The Labute approximate surface area is 145 Å². The molecule has 5 nitrogen and oxygen atoms in total. The summed E-state index contributed by atoms with van der Waals surface area (Å²) in [7, 11) is 1.83. The van der Waals surface area contributed by atoms with Gasteiger partial charge in [-0.15, -0.1) is 10.2 Å².